The zero-order chi connectivity index (χ0) is 34.9. The van der Waals surface area contributed by atoms with Crippen molar-refractivity contribution in [3.05, 3.63) is 89.8 Å². The molecule has 10 heteroatoms. The van der Waals surface area contributed by atoms with Gasteiger partial charge in [-0.2, -0.15) is 0 Å². The van der Waals surface area contributed by atoms with Gasteiger partial charge in [-0.1, -0.05) is 87.5 Å². The van der Waals surface area contributed by atoms with Crippen LogP contribution >= 0.6 is 23.2 Å². The highest BCUT2D eigenvalue weighted by atomic mass is 35.5. The van der Waals surface area contributed by atoms with Gasteiger partial charge >= 0.3 is 0 Å². The van der Waals surface area contributed by atoms with E-state index in [0.717, 1.165) is 49.2 Å². The molecule has 0 spiro atoms. The highest BCUT2D eigenvalue weighted by Gasteiger charge is 2.29. The van der Waals surface area contributed by atoms with Crippen LogP contribution in [0.2, 0.25) is 0 Å². The molecule has 47 heavy (non-hydrogen) atoms. The summed E-state index contributed by atoms with van der Waals surface area (Å²) >= 11 is 12.6. The van der Waals surface area contributed by atoms with Gasteiger partial charge in [-0.15, -0.1) is 11.6 Å². The second-order valence-corrected chi connectivity index (χ2v) is 12.9. The highest BCUT2D eigenvalue weighted by molar-refractivity contribution is 6.31. The minimum Gasteiger partial charge on any atom is -0.368 e. The van der Waals surface area contributed by atoms with Crippen LogP contribution in [0.1, 0.15) is 46.9 Å². The third-order valence-electron chi connectivity index (χ3n) is 7.87. The number of amides is 1. The fourth-order valence-corrected chi connectivity index (χ4v) is 5.61. The van der Waals surface area contributed by atoms with E-state index in [0.29, 0.717) is 29.6 Å². The van der Waals surface area contributed by atoms with Crippen LogP contribution in [-0.2, 0) is 11.3 Å². The summed E-state index contributed by atoms with van der Waals surface area (Å²) in [5.41, 5.74) is 7.76. The third kappa shape index (κ3) is 13.2. The lowest BCUT2D eigenvalue weighted by Gasteiger charge is -2.41. The number of alkyl halides is 1. The topological polar surface area (TPSA) is 90.6 Å². The van der Waals surface area contributed by atoms with Crippen molar-refractivity contribution in [3.8, 4) is 0 Å². The van der Waals surface area contributed by atoms with Gasteiger partial charge in [-0.3, -0.25) is 14.6 Å². The van der Waals surface area contributed by atoms with Crippen molar-refractivity contribution in [3.63, 3.8) is 0 Å². The van der Waals surface area contributed by atoms with E-state index in [1.54, 1.807) is 0 Å². The van der Waals surface area contributed by atoms with Crippen molar-refractivity contribution in [2.45, 2.75) is 65.0 Å². The van der Waals surface area contributed by atoms with Gasteiger partial charge in [0.05, 0.1) is 12.1 Å². The van der Waals surface area contributed by atoms with Gasteiger partial charge in [-0.05, 0) is 70.6 Å². The number of nitrogens with two attached hydrogens (primary N) is 1. The fraction of sp³-hybridized carbons (Fsp3) is 0.486. The van der Waals surface area contributed by atoms with E-state index in [9.17, 15) is 4.79 Å². The number of para-hydroxylation sites is 1. The van der Waals surface area contributed by atoms with E-state index in [1.165, 1.54) is 0 Å². The van der Waals surface area contributed by atoms with Crippen molar-refractivity contribution in [2.75, 3.05) is 52.1 Å². The summed E-state index contributed by atoms with van der Waals surface area (Å²) in [5, 5.41) is 4.83. The van der Waals surface area contributed by atoms with Gasteiger partial charge in [0.1, 0.15) is 17.7 Å². The molecule has 1 aliphatic rings. The van der Waals surface area contributed by atoms with E-state index >= 15 is 0 Å². The first kappa shape index (κ1) is 40.2. The third-order valence-corrected chi connectivity index (χ3v) is 8.36. The SMILES string of the molecule is C=C/C=C(\C=C/C(C)Cl)C(C(C)/C=C\C(Cl)=C/C)N1CCN(Cc2nc(NC(CCN(C)C)C(N)=O)c3ccccc3n2)CC1.CC. The number of fused-ring (bicyclic) bond motifs is 1. The maximum Gasteiger partial charge on any atom is 0.240 e. The molecule has 258 valence electrons. The van der Waals surface area contributed by atoms with Crippen molar-refractivity contribution < 1.29 is 4.79 Å². The minimum atomic E-state index is -0.536. The molecular weight excluding hydrogens is 629 g/mol. The summed E-state index contributed by atoms with van der Waals surface area (Å²) in [6, 6.07) is 7.45. The molecule has 1 aliphatic heterocycles. The van der Waals surface area contributed by atoms with Gasteiger partial charge < -0.3 is 16.0 Å². The van der Waals surface area contributed by atoms with Gasteiger partial charge in [0.15, 0.2) is 0 Å². The first-order valence-electron chi connectivity index (χ1n) is 16.6. The maximum absolute atomic E-state index is 12.3. The Bertz CT molecular complexity index is 1390. The predicted octanol–water partition coefficient (Wildman–Crippen LogP) is 6.99. The zero-order valence-corrected chi connectivity index (χ0v) is 30.8. The van der Waals surface area contributed by atoms with E-state index in [4.69, 9.17) is 38.9 Å². The molecule has 1 aromatic heterocycles. The predicted molar refractivity (Wildman–Crippen MR) is 202 cm³/mol. The summed E-state index contributed by atoms with van der Waals surface area (Å²) in [6.07, 6.45) is 14.7. The Morgan fingerprint density at radius 3 is 2.38 bits per heavy atom. The minimum absolute atomic E-state index is 0.0772. The number of rotatable bonds is 16. The normalized spacial score (nSPS) is 17.8. The van der Waals surface area contributed by atoms with Crippen LogP contribution in [0.3, 0.4) is 0 Å². The van der Waals surface area contributed by atoms with E-state index in [2.05, 4.69) is 46.8 Å². The number of allylic oxidation sites excluding steroid dienone is 6. The molecular formula is C37H55Cl2N7O. The molecule has 3 rings (SSSR count). The lowest BCUT2D eigenvalue weighted by Crippen LogP contribution is -2.52. The summed E-state index contributed by atoms with van der Waals surface area (Å²) in [6.45, 7) is 18.8. The molecule has 0 bridgehead atoms. The molecule has 0 saturated carbocycles. The number of aromatic nitrogens is 2. The van der Waals surface area contributed by atoms with Gasteiger partial charge in [-0.25, -0.2) is 9.97 Å². The average Bonchev–Trinajstić information content (AvgIpc) is 3.05. The number of hydrogen-bond donors (Lipinski definition) is 2. The smallest absolute Gasteiger partial charge is 0.240 e. The Labute approximate surface area is 293 Å². The van der Waals surface area contributed by atoms with Crippen molar-refractivity contribution in [1.29, 1.82) is 0 Å². The number of benzene rings is 1. The first-order valence-corrected chi connectivity index (χ1v) is 17.4. The number of nitrogens with one attached hydrogen (secondary N) is 1. The zero-order valence-electron chi connectivity index (χ0n) is 29.3. The van der Waals surface area contributed by atoms with Crippen LogP contribution in [0.4, 0.5) is 5.82 Å². The van der Waals surface area contributed by atoms with E-state index in [-0.39, 0.29) is 17.3 Å². The Morgan fingerprint density at radius 1 is 1.11 bits per heavy atom. The van der Waals surface area contributed by atoms with Crippen LogP contribution in [0, 0.1) is 5.92 Å². The molecule has 0 aliphatic carbocycles. The van der Waals surface area contributed by atoms with Crippen molar-refractivity contribution in [2.24, 2.45) is 11.7 Å². The summed E-state index contributed by atoms with van der Waals surface area (Å²) < 4.78 is 0. The monoisotopic (exact) mass is 683 g/mol. The fourth-order valence-electron chi connectivity index (χ4n) is 5.47. The van der Waals surface area contributed by atoms with E-state index in [1.807, 2.05) is 95.3 Å². The van der Waals surface area contributed by atoms with Crippen LogP contribution in [-0.4, -0.2) is 94.9 Å². The van der Waals surface area contributed by atoms with Crippen LogP contribution in [0.15, 0.2) is 84.0 Å². The standard InChI is InChI=1S/C35H49Cl2N7O.C2H6/c1-7-11-27(16-15-26(4)36)33(25(3)14-17-28(37)8-2)44-22-20-43(21-23-44)24-32-39-30-13-10-9-12-29(30)35(41-32)40-31(34(38)45)18-19-42(5)6;1-2/h7-17,25-26,31,33H,1,18-24H2,2-6H3,(H2,38,45)(H,39,40,41);1-2H3/b16-15-,17-14-,27-11+,28-8+;. The Morgan fingerprint density at radius 2 is 1.79 bits per heavy atom. The molecule has 1 aromatic carbocycles. The number of primary amides is 1. The first-order chi connectivity index (χ1) is 22.5. The lowest BCUT2D eigenvalue weighted by atomic mass is 9.90. The molecule has 1 fully saturated rings. The molecule has 1 amide bonds. The number of carbonyl (C=O) groups excluding carboxylic acids is 1. The van der Waals surface area contributed by atoms with E-state index < -0.39 is 11.9 Å². The van der Waals surface area contributed by atoms with Crippen molar-refractivity contribution >= 4 is 45.8 Å². The number of halogens is 2. The van der Waals surface area contributed by atoms with Crippen molar-refractivity contribution in [1.82, 2.24) is 24.7 Å². The van der Waals surface area contributed by atoms with Crippen LogP contribution < -0.4 is 11.1 Å². The highest BCUT2D eigenvalue weighted by Crippen LogP contribution is 2.26. The number of piperazine rings is 1. The molecule has 2 aromatic rings. The van der Waals surface area contributed by atoms with Gasteiger partial charge in [0.2, 0.25) is 5.91 Å². The molecule has 8 nitrogen and oxygen atoms in total. The molecule has 3 N–H and O–H groups in total. The summed E-state index contributed by atoms with van der Waals surface area (Å²) in [5.74, 6) is 1.14. The molecule has 0 radical (unpaired) electrons. The average molecular weight is 685 g/mol. The second kappa shape index (κ2) is 21.1. The summed E-state index contributed by atoms with van der Waals surface area (Å²) in [4.78, 5) is 29.0. The molecule has 1 saturated heterocycles. The molecule has 4 unspecified atom stereocenters. The number of hydrogen-bond acceptors (Lipinski definition) is 7. The lowest BCUT2D eigenvalue weighted by molar-refractivity contribution is -0.118. The van der Waals surface area contributed by atoms with Gasteiger partial charge in [0.25, 0.3) is 0 Å². The Balaban J connectivity index is 0.00000376. The molecule has 4 atom stereocenters. The molecule has 2 heterocycles. The maximum atomic E-state index is 12.3. The van der Waals surface area contributed by atoms with Gasteiger partial charge in [0, 0.05) is 48.0 Å². The summed E-state index contributed by atoms with van der Waals surface area (Å²) in [7, 11) is 3.95. The number of nitrogens with zero attached hydrogens (tertiary/aromatic N) is 5. The largest absolute Gasteiger partial charge is 0.368 e. The van der Waals surface area contributed by atoms with Crippen LogP contribution in [0.5, 0.6) is 0 Å². The Kier molecular flexibility index (Phi) is 18.0. The number of carbonyl (C=O) groups is 1. The van der Waals surface area contributed by atoms with Crippen LogP contribution in [0.25, 0.3) is 10.9 Å². The number of anilines is 1. The second-order valence-electron chi connectivity index (χ2n) is 11.8. The quantitative estimate of drug-likeness (QED) is 0.146. The Hall–Kier alpha value is -3.01.